The molecule has 0 atom stereocenters. The molecule has 1 aromatic rings. The maximum Gasteiger partial charge on any atom is 0.290 e. The monoisotopic (exact) mass is 369 g/mol. The Morgan fingerprint density at radius 1 is 1.12 bits per heavy atom. The molecule has 1 aliphatic heterocycles. The van der Waals surface area contributed by atoms with Gasteiger partial charge in [0, 0.05) is 5.56 Å². The molecule has 1 heterocycles. The lowest BCUT2D eigenvalue weighted by atomic mass is 9.48. The molecule has 4 aliphatic carbocycles. The second-order valence-electron chi connectivity index (χ2n) is 8.51. The number of carbonyl (C=O) groups is 2. The number of ether oxygens (including phenoxy) is 1. The van der Waals surface area contributed by atoms with Crippen molar-refractivity contribution in [3.05, 3.63) is 34.2 Å². The number of rotatable bonds is 3. The first kappa shape index (κ1) is 16.4. The van der Waals surface area contributed by atoms with Crippen LogP contribution in [0.25, 0.3) is 6.08 Å². The first-order valence-electron chi connectivity index (χ1n) is 9.48. The van der Waals surface area contributed by atoms with Gasteiger partial charge in [0.05, 0.1) is 12.0 Å². The Labute approximate surface area is 157 Å². The van der Waals surface area contributed by atoms with Crippen molar-refractivity contribution >= 4 is 29.0 Å². The molecular formula is C21H23NO3S. The van der Waals surface area contributed by atoms with Crippen LogP contribution in [0.1, 0.15) is 49.7 Å². The number of imide groups is 1. The summed E-state index contributed by atoms with van der Waals surface area (Å²) in [5, 5.41) is 2.02. The van der Waals surface area contributed by atoms with Gasteiger partial charge in [-0.2, -0.15) is 0 Å². The third-order valence-electron chi connectivity index (χ3n) is 6.81. The Morgan fingerprint density at radius 3 is 2.31 bits per heavy atom. The second-order valence-corrected chi connectivity index (χ2v) is 9.52. The highest BCUT2D eigenvalue weighted by Crippen LogP contribution is 2.60. The summed E-state index contributed by atoms with van der Waals surface area (Å²) < 4.78 is 5.52. The highest BCUT2D eigenvalue weighted by molar-refractivity contribution is 8.18. The number of thioether (sulfide) groups is 1. The quantitative estimate of drug-likeness (QED) is 0.798. The Bertz CT molecular complexity index is 793. The number of carbonyl (C=O) groups excluding carboxylic acids is 2. The summed E-state index contributed by atoms with van der Waals surface area (Å²) in [6.45, 7) is 0. The van der Waals surface area contributed by atoms with Gasteiger partial charge in [0.25, 0.3) is 11.1 Å². The van der Waals surface area contributed by atoms with Gasteiger partial charge in [-0.15, -0.1) is 0 Å². The summed E-state index contributed by atoms with van der Waals surface area (Å²) in [5.74, 6) is 3.10. The molecular weight excluding hydrogens is 346 g/mol. The van der Waals surface area contributed by atoms with E-state index in [0.29, 0.717) is 10.3 Å². The number of hydrogen-bond donors (Lipinski definition) is 1. The van der Waals surface area contributed by atoms with Gasteiger partial charge in [0.1, 0.15) is 5.75 Å². The van der Waals surface area contributed by atoms with Crippen molar-refractivity contribution in [2.24, 2.45) is 17.8 Å². The van der Waals surface area contributed by atoms with E-state index in [0.717, 1.165) is 40.8 Å². The Morgan fingerprint density at radius 2 is 1.77 bits per heavy atom. The molecule has 4 bridgehead atoms. The van der Waals surface area contributed by atoms with Crippen LogP contribution in [-0.4, -0.2) is 18.3 Å². The molecule has 5 fully saturated rings. The molecule has 0 radical (unpaired) electrons. The van der Waals surface area contributed by atoms with E-state index in [-0.39, 0.29) is 11.1 Å². The van der Waals surface area contributed by atoms with Gasteiger partial charge in [-0.25, -0.2) is 0 Å². The molecule has 1 aromatic carbocycles. The van der Waals surface area contributed by atoms with Crippen LogP contribution < -0.4 is 10.1 Å². The van der Waals surface area contributed by atoms with Crippen molar-refractivity contribution in [1.82, 2.24) is 5.32 Å². The number of methoxy groups -OCH3 is 1. The minimum Gasteiger partial charge on any atom is -0.496 e. The molecule has 0 aromatic heterocycles. The van der Waals surface area contributed by atoms with E-state index in [1.807, 2.05) is 6.07 Å². The van der Waals surface area contributed by atoms with Crippen LogP contribution >= 0.6 is 11.8 Å². The van der Waals surface area contributed by atoms with Crippen molar-refractivity contribution in [2.45, 2.75) is 43.9 Å². The molecule has 26 heavy (non-hydrogen) atoms. The van der Waals surface area contributed by atoms with Crippen LogP contribution in [0.2, 0.25) is 0 Å². The van der Waals surface area contributed by atoms with Gasteiger partial charge in [0.2, 0.25) is 0 Å². The van der Waals surface area contributed by atoms with Gasteiger partial charge < -0.3 is 4.74 Å². The summed E-state index contributed by atoms with van der Waals surface area (Å²) in [5.41, 5.74) is 2.59. The lowest BCUT2D eigenvalue weighted by Crippen LogP contribution is -2.48. The molecule has 5 aliphatic rings. The van der Waals surface area contributed by atoms with Crippen LogP contribution in [0, 0.1) is 17.8 Å². The Kier molecular flexibility index (Phi) is 3.71. The predicted octanol–water partition coefficient (Wildman–Crippen LogP) is 4.49. The third-order valence-corrected chi connectivity index (χ3v) is 7.62. The van der Waals surface area contributed by atoms with Crippen LogP contribution in [0.15, 0.2) is 23.1 Å². The van der Waals surface area contributed by atoms with E-state index in [4.69, 9.17) is 4.74 Å². The molecule has 5 heteroatoms. The fraction of sp³-hybridized carbons (Fsp3) is 0.524. The standard InChI is InChI=1S/C21H23NO3S/c1-25-17-3-2-16(7-15(17)8-18-19(23)22-20(24)26-18)21-9-12-4-13(10-21)6-14(5-12)11-21/h2-3,7-8,12-14H,4-6,9-11H2,1H3,(H,22,23,24)/b18-8-. The van der Waals surface area contributed by atoms with Crippen molar-refractivity contribution < 1.29 is 14.3 Å². The fourth-order valence-electron chi connectivity index (χ4n) is 6.20. The van der Waals surface area contributed by atoms with Crippen LogP contribution in [0.5, 0.6) is 5.75 Å². The van der Waals surface area contributed by atoms with E-state index in [1.165, 1.54) is 44.1 Å². The van der Waals surface area contributed by atoms with E-state index in [1.54, 1.807) is 13.2 Å². The maximum absolute atomic E-state index is 11.9. The van der Waals surface area contributed by atoms with Gasteiger partial charge in [-0.3, -0.25) is 14.9 Å². The lowest BCUT2D eigenvalue weighted by Gasteiger charge is -2.57. The highest BCUT2D eigenvalue weighted by atomic mass is 32.2. The number of amides is 2. The van der Waals surface area contributed by atoms with Crippen molar-refractivity contribution in [2.75, 3.05) is 7.11 Å². The third kappa shape index (κ3) is 2.59. The fourth-order valence-corrected chi connectivity index (χ4v) is 6.88. The number of benzene rings is 1. The summed E-state index contributed by atoms with van der Waals surface area (Å²) in [4.78, 5) is 23.8. The number of nitrogens with one attached hydrogen (secondary N) is 1. The minimum absolute atomic E-state index is 0.301. The minimum atomic E-state index is -0.317. The van der Waals surface area contributed by atoms with Crippen molar-refractivity contribution in [1.29, 1.82) is 0 Å². The molecule has 4 saturated carbocycles. The molecule has 4 nitrogen and oxygen atoms in total. The van der Waals surface area contributed by atoms with Crippen molar-refractivity contribution in [3.8, 4) is 5.75 Å². The highest BCUT2D eigenvalue weighted by Gasteiger charge is 2.51. The summed E-state index contributed by atoms with van der Waals surface area (Å²) in [6.07, 6.45) is 9.97. The van der Waals surface area contributed by atoms with E-state index < -0.39 is 0 Å². The molecule has 1 N–H and O–H groups in total. The zero-order chi connectivity index (χ0) is 17.9. The average molecular weight is 369 g/mol. The van der Waals surface area contributed by atoms with Crippen LogP contribution in [0.3, 0.4) is 0 Å². The summed E-state index contributed by atoms with van der Waals surface area (Å²) in [6, 6.07) is 6.45. The molecule has 6 rings (SSSR count). The first-order valence-corrected chi connectivity index (χ1v) is 10.3. The zero-order valence-corrected chi connectivity index (χ0v) is 15.7. The molecule has 1 saturated heterocycles. The number of hydrogen-bond acceptors (Lipinski definition) is 4. The Balaban J connectivity index is 1.54. The molecule has 0 spiro atoms. The topological polar surface area (TPSA) is 55.4 Å². The van der Waals surface area contributed by atoms with Gasteiger partial charge in [-0.1, -0.05) is 6.07 Å². The normalized spacial score (nSPS) is 36.7. The Hall–Kier alpha value is -1.75. The van der Waals surface area contributed by atoms with Gasteiger partial charge in [-0.05, 0) is 97.2 Å². The van der Waals surface area contributed by atoms with Crippen LogP contribution in [0.4, 0.5) is 4.79 Å². The van der Waals surface area contributed by atoms with Gasteiger partial charge >= 0.3 is 0 Å². The lowest BCUT2D eigenvalue weighted by molar-refractivity contribution is -0.115. The van der Waals surface area contributed by atoms with Crippen molar-refractivity contribution in [3.63, 3.8) is 0 Å². The van der Waals surface area contributed by atoms with E-state index >= 15 is 0 Å². The maximum atomic E-state index is 11.9. The molecule has 0 unspecified atom stereocenters. The van der Waals surface area contributed by atoms with E-state index in [2.05, 4.69) is 17.4 Å². The average Bonchev–Trinajstić information content (AvgIpc) is 2.91. The zero-order valence-electron chi connectivity index (χ0n) is 14.9. The van der Waals surface area contributed by atoms with Gasteiger partial charge in [0.15, 0.2) is 0 Å². The molecule has 2 amide bonds. The predicted molar refractivity (Wildman–Crippen MR) is 102 cm³/mol. The largest absolute Gasteiger partial charge is 0.496 e. The first-order chi connectivity index (χ1) is 12.5. The smallest absolute Gasteiger partial charge is 0.290 e. The molecule has 136 valence electrons. The summed E-state index contributed by atoms with van der Waals surface area (Å²) in [7, 11) is 1.65. The van der Waals surface area contributed by atoms with E-state index in [9.17, 15) is 9.59 Å². The summed E-state index contributed by atoms with van der Waals surface area (Å²) >= 11 is 0.959. The van der Waals surface area contributed by atoms with Crippen LogP contribution in [-0.2, 0) is 10.2 Å². The second kappa shape index (κ2) is 5.88. The SMILES string of the molecule is COc1ccc(C23CC4CC(CC(C4)C2)C3)cc1/C=C1\SC(=O)NC1=O.